The maximum absolute atomic E-state index is 11.8. The number of carbonyl (C=O) groups excluding carboxylic acids is 1. The first-order chi connectivity index (χ1) is 10.1. The van der Waals surface area contributed by atoms with Gasteiger partial charge < -0.3 is 10.1 Å². The van der Waals surface area contributed by atoms with Crippen LogP contribution in [-0.2, 0) is 4.74 Å². The largest absolute Gasteiger partial charge is 0.465 e. The zero-order valence-corrected chi connectivity index (χ0v) is 12.5. The van der Waals surface area contributed by atoms with Gasteiger partial charge >= 0.3 is 5.97 Å². The molecule has 0 aliphatic carbocycles. The first-order valence-corrected chi connectivity index (χ1v) is 6.94. The molecular weight excluding hydrogens is 286 g/mol. The van der Waals surface area contributed by atoms with Crippen LogP contribution in [0.25, 0.3) is 12.2 Å². The number of nitrogens with one attached hydrogen (secondary N) is 1. The maximum Gasteiger partial charge on any atom is 0.338 e. The van der Waals surface area contributed by atoms with Gasteiger partial charge in [-0.1, -0.05) is 23.8 Å². The summed E-state index contributed by atoms with van der Waals surface area (Å²) in [5.74, 6) is -0.325. The molecular formula is C17H14ClNO2. The van der Waals surface area contributed by atoms with Gasteiger partial charge in [-0.2, -0.15) is 0 Å². The van der Waals surface area contributed by atoms with Crippen molar-refractivity contribution in [2.24, 2.45) is 0 Å². The van der Waals surface area contributed by atoms with Gasteiger partial charge in [0.1, 0.15) is 0 Å². The molecule has 3 rings (SSSR count). The van der Waals surface area contributed by atoms with Gasteiger partial charge in [0.25, 0.3) is 0 Å². The Morgan fingerprint density at radius 2 is 1.90 bits per heavy atom. The third-order valence-corrected chi connectivity index (χ3v) is 3.87. The summed E-state index contributed by atoms with van der Waals surface area (Å²) in [6.07, 6.45) is 3.99. The number of fused-ring (bicyclic) bond motifs is 2. The minimum atomic E-state index is -0.325. The number of hydrogen-bond acceptors (Lipinski definition) is 3. The fourth-order valence-electron chi connectivity index (χ4n) is 2.49. The summed E-state index contributed by atoms with van der Waals surface area (Å²) in [5, 5.41) is 4.07. The van der Waals surface area contributed by atoms with Crippen molar-refractivity contribution in [1.29, 1.82) is 0 Å². The quantitative estimate of drug-likeness (QED) is 0.664. The number of anilines is 2. The summed E-state index contributed by atoms with van der Waals surface area (Å²) in [4.78, 5) is 11.8. The zero-order valence-electron chi connectivity index (χ0n) is 11.7. The molecule has 0 bridgehead atoms. The Kier molecular flexibility index (Phi) is 3.43. The standard InChI is InChI=1S/C17H14ClNO2/c1-10-13-5-3-11-9-12(18)4-7-15(11)19-16(13)8-6-14(10)17(20)21-2/h3-9,19H,1-2H3. The normalized spacial score (nSPS) is 12.0. The highest BCUT2D eigenvalue weighted by Crippen LogP contribution is 2.34. The monoisotopic (exact) mass is 299 g/mol. The molecule has 1 aliphatic rings. The van der Waals surface area contributed by atoms with E-state index in [9.17, 15) is 4.79 Å². The smallest absolute Gasteiger partial charge is 0.338 e. The van der Waals surface area contributed by atoms with E-state index in [0.29, 0.717) is 10.6 Å². The molecule has 2 aromatic carbocycles. The molecule has 106 valence electrons. The Hall–Kier alpha value is -2.26. The summed E-state index contributed by atoms with van der Waals surface area (Å²) >= 11 is 6.04. The SMILES string of the molecule is COC(=O)c1ccc2c(c1C)C=Cc1cc(Cl)ccc1N2. The molecule has 1 N–H and O–H groups in total. The van der Waals surface area contributed by atoms with E-state index in [-0.39, 0.29) is 5.97 Å². The lowest BCUT2D eigenvalue weighted by Crippen LogP contribution is -2.06. The first-order valence-electron chi connectivity index (χ1n) is 6.56. The molecule has 0 saturated carbocycles. The summed E-state index contributed by atoms with van der Waals surface area (Å²) < 4.78 is 4.82. The van der Waals surface area contributed by atoms with Gasteiger partial charge in [0.2, 0.25) is 0 Å². The molecule has 4 heteroatoms. The Balaban J connectivity index is 2.14. The van der Waals surface area contributed by atoms with Crippen molar-refractivity contribution in [1.82, 2.24) is 0 Å². The van der Waals surface area contributed by atoms with Crippen LogP contribution in [0, 0.1) is 6.92 Å². The number of hydrogen-bond donors (Lipinski definition) is 1. The Morgan fingerprint density at radius 3 is 2.67 bits per heavy atom. The summed E-state index contributed by atoms with van der Waals surface area (Å²) in [7, 11) is 1.39. The van der Waals surface area contributed by atoms with E-state index in [1.54, 1.807) is 6.07 Å². The van der Waals surface area contributed by atoms with Crippen molar-refractivity contribution < 1.29 is 9.53 Å². The van der Waals surface area contributed by atoms with Gasteiger partial charge in [-0.05, 0) is 48.4 Å². The second-order valence-corrected chi connectivity index (χ2v) is 5.32. The van der Waals surface area contributed by atoms with Gasteiger partial charge in [-0.3, -0.25) is 0 Å². The molecule has 0 atom stereocenters. The molecule has 0 fully saturated rings. The third-order valence-electron chi connectivity index (χ3n) is 3.63. The van der Waals surface area contributed by atoms with E-state index in [2.05, 4.69) is 5.32 Å². The number of carbonyl (C=O) groups is 1. The van der Waals surface area contributed by atoms with E-state index in [4.69, 9.17) is 16.3 Å². The van der Waals surface area contributed by atoms with Crippen molar-refractivity contribution >= 4 is 41.1 Å². The number of esters is 1. The number of methoxy groups -OCH3 is 1. The molecule has 0 radical (unpaired) electrons. The van der Waals surface area contributed by atoms with Crippen molar-refractivity contribution in [2.75, 3.05) is 12.4 Å². The van der Waals surface area contributed by atoms with Crippen molar-refractivity contribution in [3.8, 4) is 0 Å². The highest BCUT2D eigenvalue weighted by molar-refractivity contribution is 6.30. The Morgan fingerprint density at radius 1 is 1.14 bits per heavy atom. The van der Waals surface area contributed by atoms with E-state index >= 15 is 0 Å². The van der Waals surface area contributed by atoms with Crippen LogP contribution in [0.15, 0.2) is 30.3 Å². The van der Waals surface area contributed by atoms with Gasteiger partial charge in [0, 0.05) is 22.0 Å². The van der Waals surface area contributed by atoms with Crippen molar-refractivity contribution in [3.63, 3.8) is 0 Å². The molecule has 3 nitrogen and oxygen atoms in total. The Labute approximate surface area is 128 Å². The van der Waals surface area contributed by atoms with Gasteiger partial charge in [-0.15, -0.1) is 0 Å². The summed E-state index contributed by atoms with van der Waals surface area (Å²) in [5.41, 5.74) is 5.40. The average Bonchev–Trinajstić information content (AvgIpc) is 2.66. The third kappa shape index (κ3) is 2.41. The Bertz CT molecular complexity index is 766. The fraction of sp³-hybridized carbons (Fsp3) is 0.118. The first kappa shape index (κ1) is 13.7. The van der Waals surface area contributed by atoms with Crippen LogP contribution in [0.4, 0.5) is 11.4 Å². The fourth-order valence-corrected chi connectivity index (χ4v) is 2.67. The molecule has 2 aromatic rings. The number of benzene rings is 2. The predicted octanol–water partition coefficient (Wildman–Crippen LogP) is 4.66. The summed E-state index contributed by atoms with van der Waals surface area (Å²) in [6.45, 7) is 1.92. The van der Waals surface area contributed by atoms with Crippen LogP contribution in [0.5, 0.6) is 0 Å². The van der Waals surface area contributed by atoms with E-state index in [1.165, 1.54) is 7.11 Å². The van der Waals surface area contributed by atoms with Crippen LogP contribution in [0.1, 0.15) is 27.0 Å². The lowest BCUT2D eigenvalue weighted by Gasteiger charge is -2.13. The minimum Gasteiger partial charge on any atom is -0.465 e. The van der Waals surface area contributed by atoms with Crippen LogP contribution in [0.3, 0.4) is 0 Å². The second-order valence-electron chi connectivity index (χ2n) is 4.88. The highest BCUT2D eigenvalue weighted by Gasteiger charge is 2.16. The molecule has 1 aliphatic heterocycles. The molecule has 0 unspecified atom stereocenters. The molecule has 21 heavy (non-hydrogen) atoms. The van der Waals surface area contributed by atoms with Crippen LogP contribution in [-0.4, -0.2) is 13.1 Å². The van der Waals surface area contributed by atoms with Gasteiger partial charge in [-0.25, -0.2) is 4.79 Å². The van der Waals surface area contributed by atoms with E-state index in [0.717, 1.165) is 28.1 Å². The summed E-state index contributed by atoms with van der Waals surface area (Å²) in [6, 6.07) is 9.37. The topological polar surface area (TPSA) is 38.3 Å². The predicted molar refractivity (Wildman–Crippen MR) is 86.2 cm³/mol. The molecule has 0 aromatic heterocycles. The maximum atomic E-state index is 11.8. The average molecular weight is 300 g/mol. The molecule has 1 heterocycles. The second kappa shape index (κ2) is 5.26. The lowest BCUT2D eigenvalue weighted by molar-refractivity contribution is 0.0600. The number of rotatable bonds is 1. The van der Waals surface area contributed by atoms with E-state index in [1.807, 2.05) is 43.3 Å². The number of ether oxygens (including phenoxy) is 1. The zero-order chi connectivity index (χ0) is 15.0. The lowest BCUT2D eigenvalue weighted by atomic mass is 10.00. The molecule has 0 spiro atoms. The van der Waals surface area contributed by atoms with Crippen molar-refractivity contribution in [2.45, 2.75) is 6.92 Å². The number of halogens is 1. The van der Waals surface area contributed by atoms with Crippen molar-refractivity contribution in [3.05, 3.63) is 57.6 Å². The van der Waals surface area contributed by atoms with Crippen LogP contribution in [0.2, 0.25) is 5.02 Å². The van der Waals surface area contributed by atoms with E-state index < -0.39 is 0 Å². The molecule has 0 saturated heterocycles. The van der Waals surface area contributed by atoms with Crippen LogP contribution < -0.4 is 5.32 Å². The van der Waals surface area contributed by atoms with Crippen LogP contribution >= 0.6 is 11.6 Å². The molecule has 0 amide bonds. The highest BCUT2D eigenvalue weighted by atomic mass is 35.5. The van der Waals surface area contributed by atoms with Gasteiger partial charge in [0.15, 0.2) is 0 Å². The minimum absolute atomic E-state index is 0.325. The van der Waals surface area contributed by atoms with Gasteiger partial charge in [0.05, 0.1) is 12.7 Å².